The Morgan fingerprint density at radius 3 is 3.00 bits per heavy atom. The lowest BCUT2D eigenvalue weighted by molar-refractivity contribution is -0.120. The number of nitrogens with one attached hydrogen (secondary N) is 1. The minimum Gasteiger partial charge on any atom is -0.354 e. The summed E-state index contributed by atoms with van der Waals surface area (Å²) in [5, 5.41) is 4.66. The van der Waals surface area contributed by atoms with Crippen molar-refractivity contribution >= 4 is 5.91 Å². The van der Waals surface area contributed by atoms with E-state index in [1.54, 1.807) is 0 Å². The molecule has 1 aliphatic rings. The first-order valence-electron chi connectivity index (χ1n) is 4.52. The molecule has 1 fully saturated rings. The molecule has 1 amide bonds. The van der Waals surface area contributed by atoms with Gasteiger partial charge in [0, 0.05) is 25.6 Å². The van der Waals surface area contributed by atoms with Crippen molar-refractivity contribution in [1.29, 1.82) is 0 Å². The highest BCUT2D eigenvalue weighted by Gasteiger charge is 2.21. The predicted octanol–water partition coefficient (Wildman–Crippen LogP) is -0.149. The van der Waals surface area contributed by atoms with Gasteiger partial charge in [0.15, 0.2) is 0 Å². The first-order chi connectivity index (χ1) is 5.74. The summed E-state index contributed by atoms with van der Waals surface area (Å²) in [6.07, 6.45) is 2.79. The minimum absolute atomic E-state index is 0.107. The quantitative estimate of drug-likeness (QED) is 0.581. The van der Waals surface area contributed by atoms with E-state index in [2.05, 4.69) is 5.32 Å². The summed E-state index contributed by atoms with van der Waals surface area (Å²) in [6.45, 7) is 3.50. The van der Waals surface area contributed by atoms with E-state index in [9.17, 15) is 4.79 Å². The first-order valence-corrected chi connectivity index (χ1v) is 4.52. The zero-order valence-electron chi connectivity index (χ0n) is 7.55. The standard InChI is InChI=1S/C8H17N3O/c1-2-8(12)10-6-7-4-3-5-11(7)9/h7H,2-6,9H2,1H3,(H,10,12)/t7-/m0/s1. The molecular weight excluding hydrogens is 154 g/mol. The third-order valence-corrected chi connectivity index (χ3v) is 2.28. The topological polar surface area (TPSA) is 58.4 Å². The van der Waals surface area contributed by atoms with Gasteiger partial charge in [-0.25, -0.2) is 5.01 Å². The van der Waals surface area contributed by atoms with E-state index in [0.717, 1.165) is 19.4 Å². The number of amides is 1. The van der Waals surface area contributed by atoms with Crippen LogP contribution in [0.15, 0.2) is 0 Å². The lowest BCUT2D eigenvalue weighted by Crippen LogP contribution is -2.43. The van der Waals surface area contributed by atoms with Crippen molar-refractivity contribution in [3.8, 4) is 0 Å². The highest BCUT2D eigenvalue weighted by molar-refractivity contribution is 5.75. The van der Waals surface area contributed by atoms with Crippen molar-refractivity contribution in [2.75, 3.05) is 13.1 Å². The van der Waals surface area contributed by atoms with E-state index in [0.29, 0.717) is 19.0 Å². The second-order valence-electron chi connectivity index (χ2n) is 3.19. The summed E-state index contributed by atoms with van der Waals surface area (Å²) < 4.78 is 0. The first kappa shape index (κ1) is 9.48. The molecule has 0 radical (unpaired) electrons. The van der Waals surface area contributed by atoms with Gasteiger partial charge in [-0.3, -0.25) is 10.6 Å². The minimum atomic E-state index is 0.107. The Hall–Kier alpha value is -0.610. The van der Waals surface area contributed by atoms with E-state index < -0.39 is 0 Å². The van der Waals surface area contributed by atoms with Crippen molar-refractivity contribution in [3.05, 3.63) is 0 Å². The molecule has 1 saturated heterocycles. The van der Waals surface area contributed by atoms with Crippen LogP contribution in [0.5, 0.6) is 0 Å². The normalized spacial score (nSPS) is 24.3. The Labute approximate surface area is 73.1 Å². The lowest BCUT2D eigenvalue weighted by atomic mass is 10.2. The SMILES string of the molecule is CCC(=O)NC[C@@H]1CCCN1N. The molecule has 1 aliphatic heterocycles. The van der Waals surface area contributed by atoms with Gasteiger partial charge >= 0.3 is 0 Å². The third-order valence-electron chi connectivity index (χ3n) is 2.28. The second kappa shape index (κ2) is 4.42. The number of hydrazine groups is 1. The lowest BCUT2D eigenvalue weighted by Gasteiger charge is -2.18. The second-order valence-corrected chi connectivity index (χ2v) is 3.19. The van der Waals surface area contributed by atoms with Gasteiger partial charge < -0.3 is 5.32 Å². The molecule has 70 valence electrons. The Morgan fingerprint density at radius 1 is 1.75 bits per heavy atom. The molecule has 0 unspecified atom stereocenters. The summed E-state index contributed by atoms with van der Waals surface area (Å²) in [6, 6.07) is 0.348. The van der Waals surface area contributed by atoms with Crippen LogP contribution in [0.3, 0.4) is 0 Å². The predicted molar refractivity (Wildman–Crippen MR) is 47.2 cm³/mol. The summed E-state index contributed by atoms with van der Waals surface area (Å²) in [7, 11) is 0. The molecule has 1 rings (SSSR count). The zero-order chi connectivity index (χ0) is 8.97. The number of hydrogen-bond donors (Lipinski definition) is 2. The Balaban J connectivity index is 2.18. The molecule has 4 heteroatoms. The number of nitrogens with zero attached hydrogens (tertiary/aromatic N) is 1. The summed E-state index contributed by atoms with van der Waals surface area (Å²) >= 11 is 0. The van der Waals surface area contributed by atoms with Crippen molar-refractivity contribution < 1.29 is 4.79 Å². The molecule has 0 bridgehead atoms. The van der Waals surface area contributed by atoms with Crippen LogP contribution in [0.4, 0.5) is 0 Å². The van der Waals surface area contributed by atoms with Crippen LogP contribution >= 0.6 is 0 Å². The molecule has 12 heavy (non-hydrogen) atoms. The number of hydrogen-bond acceptors (Lipinski definition) is 3. The average molecular weight is 171 g/mol. The fraction of sp³-hybridized carbons (Fsp3) is 0.875. The highest BCUT2D eigenvalue weighted by atomic mass is 16.1. The van der Waals surface area contributed by atoms with E-state index in [4.69, 9.17) is 5.84 Å². The molecular formula is C8H17N3O. The molecule has 1 atom stereocenters. The maximum Gasteiger partial charge on any atom is 0.219 e. The Morgan fingerprint density at radius 2 is 2.50 bits per heavy atom. The third kappa shape index (κ3) is 2.46. The highest BCUT2D eigenvalue weighted by Crippen LogP contribution is 2.11. The van der Waals surface area contributed by atoms with Crippen molar-refractivity contribution in [2.24, 2.45) is 5.84 Å². The zero-order valence-corrected chi connectivity index (χ0v) is 7.55. The molecule has 0 aromatic heterocycles. The molecule has 1 heterocycles. The smallest absolute Gasteiger partial charge is 0.219 e. The molecule has 0 aliphatic carbocycles. The van der Waals surface area contributed by atoms with Gasteiger partial charge in [-0.05, 0) is 12.8 Å². The molecule has 4 nitrogen and oxygen atoms in total. The number of rotatable bonds is 3. The van der Waals surface area contributed by atoms with E-state index in [-0.39, 0.29) is 5.91 Å². The van der Waals surface area contributed by atoms with Gasteiger partial charge in [-0.1, -0.05) is 6.92 Å². The number of carbonyl (C=O) groups excluding carboxylic acids is 1. The van der Waals surface area contributed by atoms with Crippen LogP contribution in [-0.4, -0.2) is 30.0 Å². The van der Waals surface area contributed by atoms with E-state index in [1.807, 2.05) is 11.9 Å². The Bertz CT molecular complexity index is 160. The summed E-state index contributed by atoms with van der Waals surface area (Å²) in [5.41, 5.74) is 0. The fourth-order valence-corrected chi connectivity index (χ4v) is 1.43. The van der Waals surface area contributed by atoms with Crippen LogP contribution < -0.4 is 11.2 Å². The van der Waals surface area contributed by atoms with Crippen molar-refractivity contribution in [1.82, 2.24) is 10.3 Å². The average Bonchev–Trinajstić information content (AvgIpc) is 2.47. The van der Waals surface area contributed by atoms with Gasteiger partial charge in [0.1, 0.15) is 0 Å². The van der Waals surface area contributed by atoms with Gasteiger partial charge in [0.05, 0.1) is 0 Å². The van der Waals surface area contributed by atoms with Gasteiger partial charge in [0.25, 0.3) is 0 Å². The summed E-state index contributed by atoms with van der Waals surface area (Å²) in [4.78, 5) is 10.9. The van der Waals surface area contributed by atoms with Gasteiger partial charge in [-0.2, -0.15) is 0 Å². The maximum atomic E-state index is 10.9. The van der Waals surface area contributed by atoms with E-state index in [1.165, 1.54) is 0 Å². The molecule has 0 saturated carbocycles. The van der Waals surface area contributed by atoms with Crippen molar-refractivity contribution in [2.45, 2.75) is 32.2 Å². The van der Waals surface area contributed by atoms with Gasteiger partial charge in [0.2, 0.25) is 5.91 Å². The summed E-state index contributed by atoms with van der Waals surface area (Å²) in [5.74, 6) is 5.80. The molecule has 0 aromatic rings. The largest absolute Gasteiger partial charge is 0.354 e. The monoisotopic (exact) mass is 171 g/mol. The van der Waals surface area contributed by atoms with Crippen LogP contribution in [0.1, 0.15) is 26.2 Å². The molecule has 0 spiro atoms. The van der Waals surface area contributed by atoms with Crippen LogP contribution in [0.2, 0.25) is 0 Å². The number of carbonyl (C=O) groups is 1. The van der Waals surface area contributed by atoms with E-state index >= 15 is 0 Å². The Kier molecular flexibility index (Phi) is 3.49. The van der Waals surface area contributed by atoms with Crippen LogP contribution in [0, 0.1) is 0 Å². The maximum absolute atomic E-state index is 10.9. The fourth-order valence-electron chi connectivity index (χ4n) is 1.43. The van der Waals surface area contributed by atoms with Crippen LogP contribution in [0.25, 0.3) is 0 Å². The van der Waals surface area contributed by atoms with Crippen molar-refractivity contribution in [3.63, 3.8) is 0 Å². The molecule has 0 aromatic carbocycles. The number of nitrogens with two attached hydrogens (primary N) is 1. The molecule has 3 N–H and O–H groups in total. The van der Waals surface area contributed by atoms with Crippen LogP contribution in [-0.2, 0) is 4.79 Å². The van der Waals surface area contributed by atoms with Gasteiger partial charge in [-0.15, -0.1) is 0 Å².